The van der Waals surface area contributed by atoms with Crippen LogP contribution in [0.15, 0.2) is 36.5 Å². The van der Waals surface area contributed by atoms with Crippen LogP contribution in [-0.2, 0) is 24.7 Å². The Hall–Kier alpha value is -2.10. The maximum absolute atomic E-state index is 11.8. The Morgan fingerprint density at radius 3 is 2.65 bits per heavy atom. The van der Waals surface area contributed by atoms with E-state index >= 15 is 0 Å². The molecule has 4 heteroatoms. The second kappa shape index (κ2) is 6.89. The predicted molar refractivity (Wildman–Crippen MR) is 79.4 cm³/mol. The SMILES string of the molecule is Cc1c(CCC(=O)NCCc2ccccc2)cnn1C. The highest BCUT2D eigenvalue weighted by atomic mass is 16.1. The zero-order valence-corrected chi connectivity index (χ0v) is 12.1. The van der Waals surface area contributed by atoms with Crippen LogP contribution in [0.5, 0.6) is 0 Å². The van der Waals surface area contributed by atoms with Crippen molar-refractivity contribution in [2.45, 2.75) is 26.2 Å². The van der Waals surface area contributed by atoms with Crippen molar-refractivity contribution in [3.8, 4) is 0 Å². The van der Waals surface area contributed by atoms with E-state index in [1.165, 1.54) is 5.56 Å². The predicted octanol–water partition coefficient (Wildman–Crippen LogP) is 2.02. The minimum absolute atomic E-state index is 0.101. The number of carbonyl (C=O) groups is 1. The van der Waals surface area contributed by atoms with Crippen molar-refractivity contribution in [2.24, 2.45) is 7.05 Å². The van der Waals surface area contributed by atoms with Crippen LogP contribution in [0.1, 0.15) is 23.2 Å². The van der Waals surface area contributed by atoms with E-state index in [0.29, 0.717) is 13.0 Å². The van der Waals surface area contributed by atoms with Gasteiger partial charge in [-0.3, -0.25) is 9.48 Å². The van der Waals surface area contributed by atoms with Crippen LogP contribution >= 0.6 is 0 Å². The lowest BCUT2D eigenvalue weighted by atomic mass is 10.1. The summed E-state index contributed by atoms with van der Waals surface area (Å²) in [6.07, 6.45) is 3.98. The van der Waals surface area contributed by atoms with Gasteiger partial charge in [-0.25, -0.2) is 0 Å². The van der Waals surface area contributed by atoms with E-state index in [4.69, 9.17) is 0 Å². The highest BCUT2D eigenvalue weighted by Gasteiger charge is 2.06. The number of aromatic nitrogens is 2. The fraction of sp³-hybridized carbons (Fsp3) is 0.375. The van der Waals surface area contributed by atoms with Gasteiger partial charge in [-0.2, -0.15) is 5.10 Å². The molecule has 0 bridgehead atoms. The van der Waals surface area contributed by atoms with Gasteiger partial charge in [-0.1, -0.05) is 30.3 Å². The van der Waals surface area contributed by atoms with Crippen molar-refractivity contribution >= 4 is 5.91 Å². The molecule has 1 amide bonds. The Morgan fingerprint density at radius 2 is 2.00 bits per heavy atom. The first kappa shape index (κ1) is 14.3. The summed E-state index contributed by atoms with van der Waals surface area (Å²) in [5.74, 6) is 0.101. The topological polar surface area (TPSA) is 46.9 Å². The summed E-state index contributed by atoms with van der Waals surface area (Å²) in [6, 6.07) is 10.2. The first-order chi connectivity index (χ1) is 9.66. The average molecular weight is 271 g/mol. The minimum atomic E-state index is 0.101. The lowest BCUT2D eigenvalue weighted by Crippen LogP contribution is -2.25. The molecule has 0 aliphatic rings. The molecule has 1 N–H and O–H groups in total. The molecule has 0 aliphatic heterocycles. The van der Waals surface area contributed by atoms with Crippen molar-refractivity contribution in [3.63, 3.8) is 0 Å². The Balaban J connectivity index is 1.69. The molecule has 0 radical (unpaired) electrons. The fourth-order valence-corrected chi connectivity index (χ4v) is 2.12. The molecule has 0 aliphatic carbocycles. The van der Waals surface area contributed by atoms with E-state index in [-0.39, 0.29) is 5.91 Å². The van der Waals surface area contributed by atoms with Crippen LogP contribution in [0.2, 0.25) is 0 Å². The normalized spacial score (nSPS) is 10.5. The highest BCUT2D eigenvalue weighted by Crippen LogP contribution is 2.08. The monoisotopic (exact) mass is 271 g/mol. The number of aryl methyl sites for hydroxylation is 2. The molecule has 0 unspecified atom stereocenters. The molecule has 0 spiro atoms. The second-order valence-corrected chi connectivity index (χ2v) is 4.96. The number of rotatable bonds is 6. The number of hydrogen-bond acceptors (Lipinski definition) is 2. The summed E-state index contributed by atoms with van der Waals surface area (Å²) >= 11 is 0. The quantitative estimate of drug-likeness (QED) is 0.873. The zero-order chi connectivity index (χ0) is 14.4. The molecule has 20 heavy (non-hydrogen) atoms. The number of amides is 1. The number of hydrogen-bond donors (Lipinski definition) is 1. The largest absolute Gasteiger partial charge is 0.356 e. The molecule has 1 aromatic heterocycles. The second-order valence-electron chi connectivity index (χ2n) is 4.96. The zero-order valence-electron chi connectivity index (χ0n) is 12.1. The van der Waals surface area contributed by atoms with Crippen LogP contribution in [0.25, 0.3) is 0 Å². The van der Waals surface area contributed by atoms with Crippen LogP contribution in [-0.4, -0.2) is 22.2 Å². The van der Waals surface area contributed by atoms with E-state index in [2.05, 4.69) is 22.5 Å². The van der Waals surface area contributed by atoms with Gasteiger partial charge in [0, 0.05) is 25.7 Å². The molecule has 2 rings (SSSR count). The van der Waals surface area contributed by atoms with E-state index in [0.717, 1.165) is 24.1 Å². The molecule has 0 saturated heterocycles. The van der Waals surface area contributed by atoms with Crippen molar-refractivity contribution in [3.05, 3.63) is 53.3 Å². The molecule has 2 aromatic rings. The molecule has 106 valence electrons. The molecule has 0 saturated carbocycles. The number of benzene rings is 1. The fourth-order valence-electron chi connectivity index (χ4n) is 2.12. The Labute approximate surface area is 119 Å². The van der Waals surface area contributed by atoms with E-state index in [1.807, 2.05) is 43.0 Å². The summed E-state index contributed by atoms with van der Waals surface area (Å²) in [4.78, 5) is 11.8. The summed E-state index contributed by atoms with van der Waals surface area (Å²) < 4.78 is 1.84. The lowest BCUT2D eigenvalue weighted by Gasteiger charge is -2.05. The van der Waals surface area contributed by atoms with E-state index < -0.39 is 0 Å². The molecular weight excluding hydrogens is 250 g/mol. The van der Waals surface area contributed by atoms with Gasteiger partial charge in [-0.05, 0) is 30.9 Å². The third-order valence-corrected chi connectivity index (χ3v) is 3.54. The summed E-state index contributed by atoms with van der Waals surface area (Å²) in [6.45, 7) is 2.71. The first-order valence-corrected chi connectivity index (χ1v) is 6.95. The molecular formula is C16H21N3O. The molecule has 1 heterocycles. The minimum Gasteiger partial charge on any atom is -0.356 e. The maximum atomic E-state index is 11.8. The third kappa shape index (κ3) is 3.95. The van der Waals surface area contributed by atoms with Gasteiger partial charge >= 0.3 is 0 Å². The summed E-state index contributed by atoms with van der Waals surface area (Å²) in [5, 5.41) is 7.14. The van der Waals surface area contributed by atoms with Crippen LogP contribution in [0.3, 0.4) is 0 Å². The van der Waals surface area contributed by atoms with Gasteiger partial charge in [0.2, 0.25) is 5.91 Å². The molecule has 4 nitrogen and oxygen atoms in total. The molecule has 0 fully saturated rings. The molecule has 1 aromatic carbocycles. The lowest BCUT2D eigenvalue weighted by molar-refractivity contribution is -0.121. The van der Waals surface area contributed by atoms with Crippen LogP contribution in [0, 0.1) is 6.92 Å². The summed E-state index contributed by atoms with van der Waals surface area (Å²) in [5.41, 5.74) is 3.52. The summed E-state index contributed by atoms with van der Waals surface area (Å²) in [7, 11) is 1.92. The first-order valence-electron chi connectivity index (χ1n) is 6.95. The van der Waals surface area contributed by atoms with Gasteiger partial charge < -0.3 is 5.32 Å². The van der Waals surface area contributed by atoms with E-state index in [9.17, 15) is 4.79 Å². The van der Waals surface area contributed by atoms with Gasteiger partial charge in [0.15, 0.2) is 0 Å². The highest BCUT2D eigenvalue weighted by molar-refractivity contribution is 5.76. The van der Waals surface area contributed by atoms with Crippen LogP contribution in [0.4, 0.5) is 0 Å². The van der Waals surface area contributed by atoms with Crippen molar-refractivity contribution in [1.29, 1.82) is 0 Å². The standard InChI is InChI=1S/C16H21N3O/c1-13-15(12-18-19(13)2)8-9-16(20)17-11-10-14-6-4-3-5-7-14/h3-7,12H,8-11H2,1-2H3,(H,17,20). The average Bonchev–Trinajstić information content (AvgIpc) is 2.78. The third-order valence-electron chi connectivity index (χ3n) is 3.54. The maximum Gasteiger partial charge on any atom is 0.220 e. The van der Waals surface area contributed by atoms with Crippen molar-refractivity contribution in [1.82, 2.24) is 15.1 Å². The van der Waals surface area contributed by atoms with Gasteiger partial charge in [-0.15, -0.1) is 0 Å². The Bertz CT molecular complexity index is 560. The van der Waals surface area contributed by atoms with Gasteiger partial charge in [0.25, 0.3) is 0 Å². The van der Waals surface area contributed by atoms with Gasteiger partial charge in [0.1, 0.15) is 0 Å². The smallest absolute Gasteiger partial charge is 0.220 e. The van der Waals surface area contributed by atoms with Crippen LogP contribution < -0.4 is 5.32 Å². The Morgan fingerprint density at radius 1 is 1.25 bits per heavy atom. The van der Waals surface area contributed by atoms with Crippen molar-refractivity contribution < 1.29 is 4.79 Å². The van der Waals surface area contributed by atoms with Crippen molar-refractivity contribution in [2.75, 3.05) is 6.54 Å². The van der Waals surface area contributed by atoms with E-state index in [1.54, 1.807) is 0 Å². The Kier molecular flexibility index (Phi) is 4.93. The number of nitrogens with one attached hydrogen (secondary N) is 1. The number of nitrogens with zero attached hydrogens (tertiary/aromatic N) is 2. The number of carbonyl (C=O) groups excluding carboxylic acids is 1. The molecule has 0 atom stereocenters. The van der Waals surface area contributed by atoms with Gasteiger partial charge in [0.05, 0.1) is 6.20 Å².